The lowest BCUT2D eigenvalue weighted by Gasteiger charge is -2.38. The first-order valence-electron chi connectivity index (χ1n) is 14.9. The van der Waals surface area contributed by atoms with Crippen molar-refractivity contribution in [2.45, 2.75) is 19.8 Å². The van der Waals surface area contributed by atoms with Gasteiger partial charge in [0.25, 0.3) is 5.91 Å². The number of carbonyl (C=O) groups excluding carboxylic acids is 2. The largest absolute Gasteiger partial charge is 0.495 e. The zero-order valence-electron chi connectivity index (χ0n) is 25.1. The van der Waals surface area contributed by atoms with Crippen LogP contribution in [0.4, 0.5) is 17.1 Å². The molecule has 4 aromatic carbocycles. The lowest BCUT2D eigenvalue weighted by molar-refractivity contribution is -0.116. The molecule has 1 aliphatic heterocycles. The number of ether oxygens (including phenoxy) is 1. The minimum Gasteiger partial charge on any atom is -0.495 e. The Balaban J connectivity index is 1.39. The summed E-state index contributed by atoms with van der Waals surface area (Å²) in [6.45, 7) is 7.80. The van der Waals surface area contributed by atoms with Crippen molar-refractivity contribution in [2.24, 2.45) is 5.92 Å². The lowest BCUT2D eigenvalue weighted by Crippen LogP contribution is -2.47. The first kappa shape index (κ1) is 29.7. The molecule has 1 aliphatic rings. The van der Waals surface area contributed by atoms with Gasteiger partial charge in [0, 0.05) is 44.1 Å². The van der Waals surface area contributed by atoms with Gasteiger partial charge in [-0.05, 0) is 47.4 Å². The van der Waals surface area contributed by atoms with Crippen LogP contribution >= 0.6 is 0 Å². The van der Waals surface area contributed by atoms with Crippen LogP contribution in [0.5, 0.6) is 5.75 Å². The number of hydrogen-bond acceptors (Lipinski definition) is 5. The number of nitrogens with one attached hydrogen (secondary N) is 2. The number of methoxy groups -OCH3 is 1. The zero-order chi connectivity index (χ0) is 30.2. The van der Waals surface area contributed by atoms with Gasteiger partial charge in [0.1, 0.15) is 5.75 Å². The molecule has 0 radical (unpaired) electrons. The number of amides is 2. The molecule has 7 nitrogen and oxygen atoms in total. The normalized spacial score (nSPS) is 13.2. The molecule has 5 rings (SSSR count). The number of carbonyl (C=O) groups is 2. The molecule has 0 unspecified atom stereocenters. The van der Waals surface area contributed by atoms with Crippen molar-refractivity contribution in [3.8, 4) is 5.75 Å². The van der Waals surface area contributed by atoms with Gasteiger partial charge in [-0.3, -0.25) is 9.59 Å². The highest BCUT2D eigenvalue weighted by atomic mass is 16.5. The first-order valence-corrected chi connectivity index (χ1v) is 14.9. The van der Waals surface area contributed by atoms with Crippen molar-refractivity contribution in [3.63, 3.8) is 0 Å². The zero-order valence-corrected chi connectivity index (χ0v) is 25.1. The van der Waals surface area contributed by atoms with Crippen molar-refractivity contribution in [2.75, 3.05) is 55.0 Å². The van der Waals surface area contributed by atoms with Gasteiger partial charge in [0.15, 0.2) is 0 Å². The molecule has 0 atom stereocenters. The minimum atomic E-state index is -0.483. The predicted molar refractivity (Wildman–Crippen MR) is 174 cm³/mol. The highest BCUT2D eigenvalue weighted by molar-refractivity contribution is 6.03. The summed E-state index contributed by atoms with van der Waals surface area (Å²) in [5.41, 5.74) is 4.90. The fourth-order valence-corrected chi connectivity index (χ4v) is 5.54. The van der Waals surface area contributed by atoms with Crippen LogP contribution < -0.4 is 25.2 Å². The summed E-state index contributed by atoms with van der Waals surface area (Å²) in [6.07, 6.45) is 0. The van der Waals surface area contributed by atoms with Gasteiger partial charge in [0.2, 0.25) is 5.91 Å². The fourth-order valence-electron chi connectivity index (χ4n) is 5.54. The summed E-state index contributed by atoms with van der Waals surface area (Å²) in [6, 6.07) is 33.2. The first-order chi connectivity index (χ1) is 20.9. The SMILES string of the molecule is COc1ccccc1N1CCN(c2ccc(NC(=O)C(c3ccccc3)c3ccccc3)cc2C(=O)NCC(C)C)CC1. The monoisotopic (exact) mass is 576 g/mol. The molecular formula is C36H40N4O3. The second-order valence-electron chi connectivity index (χ2n) is 11.2. The average molecular weight is 577 g/mol. The summed E-state index contributed by atoms with van der Waals surface area (Å²) < 4.78 is 5.58. The fraction of sp³-hybridized carbons (Fsp3) is 0.278. The number of anilines is 3. The third-order valence-corrected chi connectivity index (χ3v) is 7.75. The molecule has 0 bridgehead atoms. The third-order valence-electron chi connectivity index (χ3n) is 7.75. The Kier molecular flexibility index (Phi) is 9.62. The van der Waals surface area contributed by atoms with E-state index in [1.807, 2.05) is 97.1 Å². The van der Waals surface area contributed by atoms with E-state index in [0.717, 1.165) is 54.4 Å². The topological polar surface area (TPSA) is 73.9 Å². The number of para-hydroxylation sites is 2. The van der Waals surface area contributed by atoms with Crippen LogP contribution in [-0.2, 0) is 4.79 Å². The van der Waals surface area contributed by atoms with Crippen LogP contribution in [0.25, 0.3) is 0 Å². The quantitative estimate of drug-likeness (QED) is 0.236. The maximum absolute atomic E-state index is 13.8. The third kappa shape index (κ3) is 7.17. The van der Waals surface area contributed by atoms with Crippen LogP contribution in [0, 0.1) is 5.92 Å². The standard InChI is InChI=1S/C36H40N4O3/c1-26(2)25-37-35(41)30-24-29(38-36(42)34(27-12-6-4-7-13-27)28-14-8-5-9-15-28)18-19-31(30)39-20-22-40(23-21-39)32-16-10-11-17-33(32)43-3/h4-19,24,26,34H,20-23,25H2,1-3H3,(H,37,41)(H,38,42). The van der Waals surface area contributed by atoms with E-state index >= 15 is 0 Å². The van der Waals surface area contributed by atoms with E-state index in [4.69, 9.17) is 4.74 Å². The average Bonchev–Trinajstić information content (AvgIpc) is 3.05. The van der Waals surface area contributed by atoms with E-state index < -0.39 is 5.92 Å². The van der Waals surface area contributed by atoms with Gasteiger partial charge in [-0.1, -0.05) is 86.6 Å². The van der Waals surface area contributed by atoms with Crippen LogP contribution in [-0.4, -0.2) is 51.6 Å². The van der Waals surface area contributed by atoms with Gasteiger partial charge in [0.05, 0.1) is 24.3 Å². The molecule has 1 heterocycles. The van der Waals surface area contributed by atoms with Crippen molar-refractivity contribution >= 4 is 28.9 Å². The minimum absolute atomic E-state index is 0.144. The van der Waals surface area contributed by atoms with Gasteiger partial charge in [-0.25, -0.2) is 0 Å². The van der Waals surface area contributed by atoms with E-state index in [1.165, 1.54) is 0 Å². The number of piperazine rings is 1. The molecule has 1 fully saturated rings. The smallest absolute Gasteiger partial charge is 0.253 e. The van der Waals surface area contributed by atoms with Crippen molar-refractivity contribution in [1.82, 2.24) is 5.32 Å². The molecule has 0 aromatic heterocycles. The Bertz CT molecular complexity index is 1480. The van der Waals surface area contributed by atoms with Gasteiger partial charge in [-0.15, -0.1) is 0 Å². The molecule has 7 heteroatoms. The van der Waals surface area contributed by atoms with Crippen LogP contribution in [0.3, 0.4) is 0 Å². The van der Waals surface area contributed by atoms with Crippen molar-refractivity contribution < 1.29 is 14.3 Å². The van der Waals surface area contributed by atoms with Gasteiger partial charge >= 0.3 is 0 Å². The summed E-state index contributed by atoms with van der Waals surface area (Å²) in [5, 5.41) is 6.19. The Hall–Kier alpha value is -4.78. The summed E-state index contributed by atoms with van der Waals surface area (Å²) >= 11 is 0. The molecule has 4 aromatic rings. The molecular weight excluding hydrogens is 536 g/mol. The van der Waals surface area contributed by atoms with Crippen LogP contribution in [0.15, 0.2) is 103 Å². The summed E-state index contributed by atoms with van der Waals surface area (Å²) in [7, 11) is 1.69. The van der Waals surface area contributed by atoms with E-state index in [0.29, 0.717) is 23.7 Å². The Labute approximate surface area is 254 Å². The second kappa shape index (κ2) is 13.9. The molecule has 2 amide bonds. The van der Waals surface area contributed by atoms with Gasteiger partial charge in [-0.2, -0.15) is 0 Å². The maximum atomic E-state index is 13.8. The highest BCUT2D eigenvalue weighted by Crippen LogP contribution is 2.32. The van der Waals surface area contributed by atoms with Crippen molar-refractivity contribution in [3.05, 3.63) is 120 Å². The predicted octanol–water partition coefficient (Wildman–Crippen LogP) is 6.18. The molecule has 0 saturated carbocycles. The Morgan fingerprint density at radius 3 is 1.88 bits per heavy atom. The molecule has 1 saturated heterocycles. The Morgan fingerprint density at radius 2 is 1.30 bits per heavy atom. The second-order valence-corrected chi connectivity index (χ2v) is 11.2. The lowest BCUT2D eigenvalue weighted by atomic mass is 9.90. The molecule has 43 heavy (non-hydrogen) atoms. The van der Waals surface area contributed by atoms with E-state index in [9.17, 15) is 9.59 Å². The van der Waals surface area contributed by atoms with E-state index in [1.54, 1.807) is 7.11 Å². The number of nitrogens with zero attached hydrogens (tertiary/aromatic N) is 2. The van der Waals surface area contributed by atoms with E-state index in [-0.39, 0.29) is 11.8 Å². The highest BCUT2D eigenvalue weighted by Gasteiger charge is 2.26. The number of hydrogen-bond donors (Lipinski definition) is 2. The number of benzene rings is 4. The van der Waals surface area contributed by atoms with Crippen LogP contribution in [0.1, 0.15) is 41.3 Å². The van der Waals surface area contributed by atoms with Gasteiger partial charge < -0.3 is 25.2 Å². The van der Waals surface area contributed by atoms with Crippen LogP contribution in [0.2, 0.25) is 0 Å². The summed E-state index contributed by atoms with van der Waals surface area (Å²) in [4.78, 5) is 31.9. The molecule has 0 spiro atoms. The number of rotatable bonds is 10. The summed E-state index contributed by atoms with van der Waals surface area (Å²) in [5.74, 6) is 0.397. The van der Waals surface area contributed by atoms with E-state index in [2.05, 4.69) is 40.3 Å². The Morgan fingerprint density at radius 1 is 0.744 bits per heavy atom. The maximum Gasteiger partial charge on any atom is 0.253 e. The van der Waals surface area contributed by atoms with Crippen molar-refractivity contribution in [1.29, 1.82) is 0 Å². The molecule has 0 aliphatic carbocycles. The molecule has 2 N–H and O–H groups in total. The molecule has 222 valence electrons.